The molecule has 1 unspecified atom stereocenters. The van der Waals surface area contributed by atoms with E-state index < -0.39 is 0 Å². The van der Waals surface area contributed by atoms with Crippen molar-refractivity contribution < 1.29 is 18.7 Å². The van der Waals surface area contributed by atoms with Crippen molar-refractivity contribution in [2.45, 2.75) is 19.4 Å². The molecule has 2 aromatic carbocycles. The second-order valence-electron chi connectivity index (χ2n) is 6.75. The van der Waals surface area contributed by atoms with Gasteiger partial charge in [0.05, 0.1) is 18.6 Å². The molecule has 0 aromatic heterocycles. The largest absolute Gasteiger partial charge is 0.466 e. The van der Waals surface area contributed by atoms with Crippen LogP contribution in [-0.4, -0.2) is 49.0 Å². The number of hydrogen-bond donors (Lipinski definition) is 1. The molecule has 0 spiro atoms. The van der Waals surface area contributed by atoms with E-state index in [0.717, 1.165) is 24.5 Å². The van der Waals surface area contributed by atoms with Crippen LogP contribution >= 0.6 is 0 Å². The van der Waals surface area contributed by atoms with Gasteiger partial charge < -0.3 is 19.7 Å². The number of esters is 1. The highest BCUT2D eigenvalue weighted by Crippen LogP contribution is 2.38. The molecular formula is C21H22FN3O3. The van der Waals surface area contributed by atoms with Crippen LogP contribution in [0, 0.1) is 5.82 Å². The van der Waals surface area contributed by atoms with Gasteiger partial charge in [-0.1, -0.05) is 12.1 Å². The molecule has 2 aromatic rings. The molecule has 1 fully saturated rings. The normalized spacial score (nSPS) is 18.3. The molecule has 0 saturated carbocycles. The maximum absolute atomic E-state index is 13.7. The van der Waals surface area contributed by atoms with Gasteiger partial charge in [-0.3, -0.25) is 4.79 Å². The second-order valence-corrected chi connectivity index (χ2v) is 6.75. The predicted molar refractivity (Wildman–Crippen MR) is 104 cm³/mol. The zero-order valence-corrected chi connectivity index (χ0v) is 15.7. The lowest BCUT2D eigenvalue weighted by Gasteiger charge is -2.35. The number of fused-ring (bicyclic) bond motifs is 2. The smallest absolute Gasteiger partial charge is 0.307 e. The first-order valence-electron chi connectivity index (χ1n) is 9.43. The van der Waals surface area contributed by atoms with Gasteiger partial charge in [-0.25, -0.2) is 9.38 Å². The first kappa shape index (κ1) is 18.4. The number of piperazine rings is 1. The molecular weight excluding hydrogens is 361 g/mol. The van der Waals surface area contributed by atoms with Crippen molar-refractivity contribution >= 4 is 17.5 Å². The molecule has 7 heteroatoms. The van der Waals surface area contributed by atoms with Crippen LogP contribution in [0.15, 0.2) is 47.5 Å². The van der Waals surface area contributed by atoms with E-state index in [0.29, 0.717) is 36.8 Å². The number of hydrogen-bond acceptors (Lipinski definition) is 6. The Bertz CT molecular complexity index is 916. The second kappa shape index (κ2) is 7.98. The van der Waals surface area contributed by atoms with E-state index in [1.165, 1.54) is 12.1 Å². The lowest BCUT2D eigenvalue weighted by atomic mass is 10.1. The molecule has 0 amide bonds. The van der Waals surface area contributed by atoms with E-state index in [-0.39, 0.29) is 17.8 Å². The van der Waals surface area contributed by atoms with Crippen molar-refractivity contribution in [3.05, 3.63) is 53.8 Å². The van der Waals surface area contributed by atoms with Gasteiger partial charge in [0.1, 0.15) is 23.1 Å². The maximum Gasteiger partial charge on any atom is 0.307 e. The van der Waals surface area contributed by atoms with E-state index in [4.69, 9.17) is 14.5 Å². The van der Waals surface area contributed by atoms with Crippen LogP contribution < -0.4 is 10.1 Å². The Balaban J connectivity index is 1.66. The van der Waals surface area contributed by atoms with Crippen LogP contribution in [0.4, 0.5) is 10.1 Å². The first-order chi connectivity index (χ1) is 13.6. The van der Waals surface area contributed by atoms with Crippen LogP contribution in [-0.2, 0) is 9.53 Å². The Morgan fingerprint density at radius 3 is 3.04 bits per heavy atom. The Morgan fingerprint density at radius 2 is 2.18 bits per heavy atom. The summed E-state index contributed by atoms with van der Waals surface area (Å²) in [4.78, 5) is 18.8. The van der Waals surface area contributed by atoms with Gasteiger partial charge in [0.2, 0.25) is 0 Å². The van der Waals surface area contributed by atoms with Crippen molar-refractivity contribution in [1.82, 2.24) is 10.2 Å². The Morgan fingerprint density at radius 1 is 1.32 bits per heavy atom. The highest BCUT2D eigenvalue weighted by atomic mass is 19.1. The van der Waals surface area contributed by atoms with Gasteiger partial charge >= 0.3 is 5.97 Å². The Kier molecular flexibility index (Phi) is 5.25. The topological polar surface area (TPSA) is 63.2 Å². The van der Waals surface area contributed by atoms with Crippen LogP contribution in [0.5, 0.6) is 11.5 Å². The highest BCUT2D eigenvalue weighted by molar-refractivity contribution is 6.03. The third kappa shape index (κ3) is 3.84. The van der Waals surface area contributed by atoms with Crippen LogP contribution in [0.1, 0.15) is 18.9 Å². The number of amidine groups is 1. The summed E-state index contributed by atoms with van der Waals surface area (Å²) in [5.41, 5.74) is 1.42. The lowest BCUT2D eigenvalue weighted by molar-refractivity contribution is -0.143. The van der Waals surface area contributed by atoms with E-state index in [2.05, 4.69) is 10.2 Å². The van der Waals surface area contributed by atoms with Crippen molar-refractivity contribution in [3.8, 4) is 11.5 Å². The average molecular weight is 383 g/mol. The minimum atomic E-state index is -0.369. The SMILES string of the molecule is CCOC(=O)CC1CN(C2=Nc3ccc(F)cc3Oc3ccccc32)CCN1. The van der Waals surface area contributed by atoms with E-state index >= 15 is 0 Å². The molecule has 146 valence electrons. The molecule has 1 saturated heterocycles. The maximum atomic E-state index is 13.7. The summed E-state index contributed by atoms with van der Waals surface area (Å²) >= 11 is 0. The zero-order valence-electron chi connectivity index (χ0n) is 15.7. The number of benzene rings is 2. The fourth-order valence-corrected chi connectivity index (χ4v) is 3.51. The summed E-state index contributed by atoms with van der Waals surface area (Å²) < 4.78 is 24.7. The minimum absolute atomic E-state index is 0.0282. The monoisotopic (exact) mass is 383 g/mol. The van der Waals surface area contributed by atoms with Gasteiger partial charge in [-0.15, -0.1) is 0 Å². The first-order valence-corrected chi connectivity index (χ1v) is 9.43. The van der Waals surface area contributed by atoms with Gasteiger partial charge in [-0.2, -0.15) is 0 Å². The molecule has 0 aliphatic carbocycles. The highest BCUT2D eigenvalue weighted by Gasteiger charge is 2.28. The number of halogens is 1. The van der Waals surface area contributed by atoms with Crippen molar-refractivity contribution in [2.75, 3.05) is 26.2 Å². The summed E-state index contributed by atoms with van der Waals surface area (Å²) in [6.45, 7) is 4.25. The summed E-state index contributed by atoms with van der Waals surface area (Å²) in [5.74, 6) is 1.20. The third-order valence-electron chi connectivity index (χ3n) is 4.77. The number of ether oxygens (including phenoxy) is 2. The van der Waals surface area contributed by atoms with Crippen LogP contribution in [0.3, 0.4) is 0 Å². The number of aliphatic imine (C=N–C) groups is 1. The number of rotatable bonds is 3. The Hall–Kier alpha value is -2.93. The molecule has 0 bridgehead atoms. The summed E-state index contributed by atoms with van der Waals surface area (Å²) in [6, 6.07) is 11.9. The predicted octanol–water partition coefficient (Wildman–Crippen LogP) is 3.24. The van der Waals surface area contributed by atoms with Gasteiger partial charge in [-0.05, 0) is 31.2 Å². The summed E-state index contributed by atoms with van der Waals surface area (Å²) in [5, 5.41) is 3.37. The fraction of sp³-hybridized carbons (Fsp3) is 0.333. The van der Waals surface area contributed by atoms with Crippen molar-refractivity contribution in [2.24, 2.45) is 4.99 Å². The third-order valence-corrected chi connectivity index (χ3v) is 4.77. The van der Waals surface area contributed by atoms with Gasteiger partial charge in [0.15, 0.2) is 5.75 Å². The lowest BCUT2D eigenvalue weighted by Crippen LogP contribution is -2.53. The van der Waals surface area contributed by atoms with E-state index in [1.807, 2.05) is 24.3 Å². The molecule has 2 aliphatic heterocycles. The number of carbonyl (C=O) groups is 1. The Labute approximate surface area is 163 Å². The molecule has 1 N–H and O–H groups in total. The minimum Gasteiger partial charge on any atom is -0.466 e. The molecule has 6 nitrogen and oxygen atoms in total. The molecule has 2 aliphatic rings. The number of nitrogens with one attached hydrogen (secondary N) is 1. The van der Waals surface area contributed by atoms with Crippen LogP contribution in [0.25, 0.3) is 0 Å². The molecule has 2 heterocycles. The van der Waals surface area contributed by atoms with Crippen molar-refractivity contribution in [1.29, 1.82) is 0 Å². The summed E-state index contributed by atoms with van der Waals surface area (Å²) in [7, 11) is 0. The van der Waals surface area contributed by atoms with Crippen molar-refractivity contribution in [3.63, 3.8) is 0 Å². The number of nitrogens with zero attached hydrogens (tertiary/aromatic N) is 2. The standard InChI is InChI=1S/C21H22FN3O3/c1-2-27-20(26)12-15-13-25(10-9-23-15)21-16-5-3-4-6-18(16)28-19-11-14(22)7-8-17(19)24-21/h3-8,11,15,23H,2,9-10,12-13H2,1H3. The molecule has 0 radical (unpaired) electrons. The van der Waals surface area contributed by atoms with Gasteiger partial charge in [0, 0.05) is 31.7 Å². The molecule has 4 rings (SSSR count). The van der Waals surface area contributed by atoms with E-state index in [1.54, 1.807) is 13.0 Å². The van der Waals surface area contributed by atoms with Crippen LogP contribution in [0.2, 0.25) is 0 Å². The quantitative estimate of drug-likeness (QED) is 0.825. The zero-order chi connectivity index (χ0) is 19.5. The average Bonchev–Trinajstić information content (AvgIpc) is 2.84. The number of para-hydroxylation sites is 1. The molecule has 28 heavy (non-hydrogen) atoms. The summed E-state index contributed by atoms with van der Waals surface area (Å²) in [6.07, 6.45) is 0.303. The van der Waals surface area contributed by atoms with Gasteiger partial charge in [0.25, 0.3) is 0 Å². The van der Waals surface area contributed by atoms with E-state index in [9.17, 15) is 9.18 Å². The molecule has 1 atom stereocenters. The number of carbonyl (C=O) groups excluding carboxylic acids is 1. The fourth-order valence-electron chi connectivity index (χ4n) is 3.51.